The maximum absolute atomic E-state index is 12.0. The molecule has 0 saturated carbocycles. The van der Waals surface area contributed by atoms with Crippen LogP contribution in [0.25, 0.3) is 0 Å². The van der Waals surface area contributed by atoms with Gasteiger partial charge in [0.25, 0.3) is 10.0 Å². The highest BCUT2D eigenvalue weighted by Gasteiger charge is 2.51. The largest absolute Gasteiger partial charge is 0.387 e. The van der Waals surface area contributed by atoms with E-state index in [9.17, 15) is 22.3 Å². The van der Waals surface area contributed by atoms with Gasteiger partial charge in [0.15, 0.2) is 0 Å². The number of nitrogens with zero attached hydrogens (tertiary/aromatic N) is 1. The first-order chi connectivity index (χ1) is 6.20. The summed E-state index contributed by atoms with van der Waals surface area (Å²) in [4.78, 5) is 0. The van der Waals surface area contributed by atoms with Gasteiger partial charge in [-0.05, 0) is 5.92 Å². The lowest BCUT2D eigenvalue weighted by Crippen LogP contribution is -2.66. The minimum absolute atomic E-state index is 0.147. The summed E-state index contributed by atoms with van der Waals surface area (Å²) in [5.41, 5.74) is -1.15. The van der Waals surface area contributed by atoms with Gasteiger partial charge in [0.05, 0.1) is 5.60 Å². The smallest absolute Gasteiger partial charge is 0.350 e. The van der Waals surface area contributed by atoms with Crippen LogP contribution in [0.1, 0.15) is 13.8 Å². The van der Waals surface area contributed by atoms with Crippen LogP contribution in [0.5, 0.6) is 0 Å². The second-order valence-corrected chi connectivity index (χ2v) is 5.73. The summed E-state index contributed by atoms with van der Waals surface area (Å²) in [5.74, 6) is -3.55. The van der Waals surface area contributed by atoms with Gasteiger partial charge < -0.3 is 5.11 Å². The van der Waals surface area contributed by atoms with Crippen molar-refractivity contribution < 1.29 is 22.3 Å². The van der Waals surface area contributed by atoms with Crippen LogP contribution in [0.3, 0.4) is 0 Å². The molecule has 0 aromatic rings. The monoisotopic (exact) mass is 229 g/mol. The maximum Gasteiger partial charge on any atom is 0.350 e. The molecule has 1 aliphatic heterocycles. The molecular weight excluding hydrogens is 216 g/mol. The molecular formula is C7H13F2NO3S. The van der Waals surface area contributed by atoms with E-state index in [1.54, 1.807) is 13.8 Å². The number of hydrogen-bond acceptors (Lipinski definition) is 3. The average Bonchev–Trinajstić information content (AvgIpc) is 1.97. The van der Waals surface area contributed by atoms with Crippen LogP contribution in [-0.4, -0.2) is 42.3 Å². The molecule has 0 bridgehead atoms. The van der Waals surface area contributed by atoms with Crippen LogP contribution in [0.15, 0.2) is 0 Å². The fraction of sp³-hybridized carbons (Fsp3) is 1.00. The molecule has 7 heteroatoms. The van der Waals surface area contributed by atoms with Gasteiger partial charge in [-0.3, -0.25) is 0 Å². The van der Waals surface area contributed by atoms with E-state index in [1.165, 1.54) is 0 Å². The third-order valence-corrected chi connectivity index (χ3v) is 3.99. The number of sulfonamides is 1. The Bertz CT molecular complexity index is 309. The molecule has 0 atom stereocenters. The van der Waals surface area contributed by atoms with Crippen molar-refractivity contribution in [1.82, 2.24) is 4.31 Å². The second-order valence-electron chi connectivity index (χ2n) is 3.83. The Hall–Kier alpha value is -0.270. The van der Waals surface area contributed by atoms with Crippen molar-refractivity contribution in [3.8, 4) is 0 Å². The summed E-state index contributed by atoms with van der Waals surface area (Å²) in [5, 5.41) is 9.65. The van der Waals surface area contributed by atoms with Gasteiger partial charge in [-0.1, -0.05) is 13.8 Å². The Labute approximate surface area is 81.6 Å². The van der Waals surface area contributed by atoms with E-state index in [2.05, 4.69) is 0 Å². The minimum atomic E-state index is -4.50. The highest BCUT2D eigenvalue weighted by Crippen LogP contribution is 2.32. The molecule has 84 valence electrons. The first-order valence-corrected chi connectivity index (χ1v) is 5.70. The van der Waals surface area contributed by atoms with Crippen molar-refractivity contribution in [2.24, 2.45) is 5.92 Å². The topological polar surface area (TPSA) is 57.6 Å². The third-order valence-electron chi connectivity index (χ3n) is 2.56. The van der Waals surface area contributed by atoms with Gasteiger partial charge in [0.1, 0.15) is 0 Å². The van der Waals surface area contributed by atoms with Crippen LogP contribution in [-0.2, 0) is 10.0 Å². The Balaban J connectivity index is 2.66. The molecule has 1 saturated heterocycles. The zero-order valence-electron chi connectivity index (χ0n) is 7.94. The third kappa shape index (κ3) is 1.76. The van der Waals surface area contributed by atoms with E-state index in [0.717, 1.165) is 0 Å². The molecule has 0 aliphatic carbocycles. The quantitative estimate of drug-likeness (QED) is 0.754. The van der Waals surface area contributed by atoms with Crippen LogP contribution in [0, 0.1) is 5.92 Å². The molecule has 0 spiro atoms. The van der Waals surface area contributed by atoms with Gasteiger partial charge in [-0.15, -0.1) is 0 Å². The Morgan fingerprint density at radius 2 is 1.79 bits per heavy atom. The molecule has 0 amide bonds. The van der Waals surface area contributed by atoms with Crippen molar-refractivity contribution in [3.05, 3.63) is 0 Å². The SMILES string of the molecule is CC(C)C1(O)CN(S(=O)(=O)C(F)F)C1. The Kier molecular flexibility index (Phi) is 2.86. The van der Waals surface area contributed by atoms with Gasteiger partial charge in [-0.25, -0.2) is 8.42 Å². The molecule has 1 heterocycles. The first-order valence-electron chi connectivity index (χ1n) is 4.19. The fourth-order valence-corrected chi connectivity index (χ4v) is 2.25. The standard InChI is InChI=1S/C7H13F2NO3S/c1-5(2)7(11)3-10(4-7)14(12,13)6(8)9/h5-6,11H,3-4H2,1-2H3. The predicted octanol–water partition coefficient (Wildman–Crippen LogP) is 0.242. The normalized spacial score (nSPS) is 22.8. The summed E-state index contributed by atoms with van der Waals surface area (Å²) >= 11 is 0. The summed E-state index contributed by atoms with van der Waals surface area (Å²) in [7, 11) is -4.50. The van der Waals surface area contributed by atoms with Crippen molar-refractivity contribution in [1.29, 1.82) is 0 Å². The first kappa shape index (κ1) is 11.8. The zero-order chi connectivity index (χ0) is 11.1. The van der Waals surface area contributed by atoms with Gasteiger partial charge in [-0.2, -0.15) is 13.1 Å². The number of aliphatic hydroxyl groups is 1. The summed E-state index contributed by atoms with van der Waals surface area (Å²) in [6.07, 6.45) is 0. The van der Waals surface area contributed by atoms with E-state index >= 15 is 0 Å². The number of alkyl halides is 2. The van der Waals surface area contributed by atoms with Crippen molar-refractivity contribution in [2.45, 2.75) is 25.2 Å². The lowest BCUT2D eigenvalue weighted by atomic mass is 9.85. The van der Waals surface area contributed by atoms with Crippen molar-refractivity contribution in [2.75, 3.05) is 13.1 Å². The van der Waals surface area contributed by atoms with Gasteiger partial charge in [0, 0.05) is 13.1 Å². The highest BCUT2D eigenvalue weighted by atomic mass is 32.2. The molecule has 1 N–H and O–H groups in total. The maximum atomic E-state index is 12.0. The van der Waals surface area contributed by atoms with Crippen LogP contribution in [0.2, 0.25) is 0 Å². The lowest BCUT2D eigenvalue weighted by molar-refractivity contribution is -0.0948. The van der Waals surface area contributed by atoms with E-state index in [1.807, 2.05) is 0 Å². The highest BCUT2D eigenvalue weighted by molar-refractivity contribution is 7.89. The van der Waals surface area contributed by atoms with Crippen LogP contribution >= 0.6 is 0 Å². The summed E-state index contributed by atoms with van der Waals surface area (Å²) in [6, 6.07) is 0. The van der Waals surface area contributed by atoms with E-state index in [0.29, 0.717) is 4.31 Å². The van der Waals surface area contributed by atoms with Crippen LogP contribution < -0.4 is 0 Å². The molecule has 0 unspecified atom stereocenters. The van der Waals surface area contributed by atoms with Crippen LogP contribution in [0.4, 0.5) is 8.78 Å². The van der Waals surface area contributed by atoms with E-state index in [-0.39, 0.29) is 19.0 Å². The predicted molar refractivity (Wildman–Crippen MR) is 46.3 cm³/mol. The van der Waals surface area contributed by atoms with Gasteiger partial charge >= 0.3 is 5.76 Å². The van der Waals surface area contributed by atoms with Gasteiger partial charge in [0.2, 0.25) is 0 Å². The average molecular weight is 229 g/mol. The Morgan fingerprint density at radius 3 is 2.07 bits per heavy atom. The number of β-amino-alcohol motifs (C(OH)–C–C–N with tert-alkyl or cyclic N) is 1. The Morgan fingerprint density at radius 1 is 1.36 bits per heavy atom. The van der Waals surface area contributed by atoms with Crippen molar-refractivity contribution >= 4 is 10.0 Å². The fourth-order valence-electron chi connectivity index (χ4n) is 1.22. The van der Waals surface area contributed by atoms with Crippen molar-refractivity contribution in [3.63, 3.8) is 0 Å². The molecule has 1 aliphatic rings. The number of halogens is 2. The van der Waals surface area contributed by atoms with E-state index in [4.69, 9.17) is 0 Å². The molecule has 1 fully saturated rings. The number of hydrogen-bond donors (Lipinski definition) is 1. The summed E-state index contributed by atoms with van der Waals surface area (Å²) in [6.45, 7) is 2.95. The zero-order valence-corrected chi connectivity index (χ0v) is 8.76. The molecule has 4 nitrogen and oxygen atoms in total. The lowest BCUT2D eigenvalue weighted by Gasteiger charge is -2.47. The summed E-state index contributed by atoms with van der Waals surface area (Å²) < 4.78 is 46.4. The molecule has 0 aromatic carbocycles. The van der Waals surface area contributed by atoms with E-state index < -0.39 is 21.4 Å². The molecule has 14 heavy (non-hydrogen) atoms. The number of rotatable bonds is 3. The molecule has 1 rings (SSSR count). The second kappa shape index (κ2) is 3.39. The minimum Gasteiger partial charge on any atom is -0.387 e. The molecule has 0 radical (unpaired) electrons. The molecule has 0 aromatic heterocycles.